The van der Waals surface area contributed by atoms with Crippen molar-refractivity contribution in [3.8, 4) is 11.5 Å². The minimum absolute atomic E-state index is 0.0340. The summed E-state index contributed by atoms with van der Waals surface area (Å²) in [5.74, 6) is 0.195. The third-order valence-electron chi connectivity index (χ3n) is 3.58. The molecule has 3 N–H and O–H groups in total. The number of hydrogen-bond acceptors (Lipinski definition) is 5. The zero-order valence-electron chi connectivity index (χ0n) is 14.6. The molecule has 0 saturated carbocycles. The first-order valence-electron chi connectivity index (χ1n) is 8.12. The highest BCUT2D eigenvalue weighted by molar-refractivity contribution is 5.86. The number of phenolic OH excluding ortho intramolecular Hbond substituents is 1. The predicted octanol–water partition coefficient (Wildman–Crippen LogP) is 3.05. The molecule has 6 nitrogen and oxygen atoms in total. The fourth-order valence-corrected chi connectivity index (χ4v) is 2.19. The molecule has 2 aromatic rings. The van der Waals surface area contributed by atoms with Gasteiger partial charge < -0.3 is 15.2 Å². The summed E-state index contributed by atoms with van der Waals surface area (Å²) < 4.78 is 5.26. The Labute approximate surface area is 147 Å². The van der Waals surface area contributed by atoms with Gasteiger partial charge in [0.1, 0.15) is 6.04 Å². The Kier molecular flexibility index (Phi) is 6.39. The molecule has 0 bridgehead atoms. The number of nitrogens with one attached hydrogen (secondary N) is 2. The molecular weight excluding hydrogens is 318 g/mol. The standard InChI is InChI=1S/C19H23N3O3/c1-4-25-18-10-9-15(11-17(18)23)12-20-22-19(24)14(3)21-16-8-6-5-7-13(16)2/h5-12,14,21,23H,4H2,1-3H3,(H,22,24)/b20-12+. The van der Waals surface area contributed by atoms with E-state index in [4.69, 9.17) is 4.74 Å². The molecule has 1 unspecified atom stereocenters. The van der Waals surface area contributed by atoms with Gasteiger partial charge in [0.05, 0.1) is 12.8 Å². The van der Waals surface area contributed by atoms with E-state index in [1.165, 1.54) is 12.3 Å². The first kappa shape index (κ1) is 18.3. The van der Waals surface area contributed by atoms with Crippen LogP contribution in [0.25, 0.3) is 0 Å². The van der Waals surface area contributed by atoms with E-state index in [9.17, 15) is 9.90 Å². The van der Waals surface area contributed by atoms with Crippen molar-refractivity contribution in [1.82, 2.24) is 5.43 Å². The van der Waals surface area contributed by atoms with Crippen LogP contribution in [0.5, 0.6) is 11.5 Å². The summed E-state index contributed by atoms with van der Waals surface area (Å²) in [7, 11) is 0. The molecule has 0 spiro atoms. The highest BCUT2D eigenvalue weighted by Gasteiger charge is 2.12. The number of rotatable bonds is 7. The Morgan fingerprint density at radius 3 is 2.76 bits per heavy atom. The second-order valence-electron chi connectivity index (χ2n) is 5.58. The van der Waals surface area contributed by atoms with Crippen LogP contribution in [-0.2, 0) is 4.79 Å². The van der Waals surface area contributed by atoms with Gasteiger partial charge >= 0.3 is 0 Å². The SMILES string of the molecule is CCOc1ccc(/C=N/NC(=O)C(C)Nc2ccccc2C)cc1O. The molecule has 1 atom stereocenters. The van der Waals surface area contributed by atoms with Gasteiger partial charge in [-0.15, -0.1) is 0 Å². The van der Waals surface area contributed by atoms with Crippen LogP contribution in [0.3, 0.4) is 0 Å². The number of phenols is 1. The monoisotopic (exact) mass is 341 g/mol. The lowest BCUT2D eigenvalue weighted by atomic mass is 10.2. The van der Waals surface area contributed by atoms with E-state index in [1.807, 2.05) is 38.1 Å². The fourth-order valence-electron chi connectivity index (χ4n) is 2.19. The Morgan fingerprint density at radius 1 is 1.32 bits per heavy atom. The molecule has 0 saturated heterocycles. The summed E-state index contributed by atoms with van der Waals surface area (Å²) in [5.41, 5.74) is 5.11. The van der Waals surface area contributed by atoms with Crippen molar-refractivity contribution in [2.24, 2.45) is 5.10 Å². The lowest BCUT2D eigenvalue weighted by Gasteiger charge is -2.15. The van der Waals surface area contributed by atoms with Gasteiger partial charge in [-0.1, -0.05) is 18.2 Å². The molecule has 0 fully saturated rings. The van der Waals surface area contributed by atoms with Gasteiger partial charge in [0, 0.05) is 5.69 Å². The number of amides is 1. The van der Waals surface area contributed by atoms with Gasteiger partial charge in [-0.3, -0.25) is 4.79 Å². The number of anilines is 1. The van der Waals surface area contributed by atoms with Crippen molar-refractivity contribution in [3.63, 3.8) is 0 Å². The molecule has 0 aliphatic rings. The van der Waals surface area contributed by atoms with Crippen LogP contribution in [0.4, 0.5) is 5.69 Å². The van der Waals surface area contributed by atoms with Gasteiger partial charge in [-0.2, -0.15) is 5.10 Å². The molecule has 0 aliphatic heterocycles. The van der Waals surface area contributed by atoms with Crippen LogP contribution in [0.1, 0.15) is 25.0 Å². The third kappa shape index (κ3) is 5.24. The Balaban J connectivity index is 1.91. The molecule has 0 radical (unpaired) electrons. The maximum absolute atomic E-state index is 12.1. The van der Waals surface area contributed by atoms with Crippen LogP contribution in [0.2, 0.25) is 0 Å². The quantitative estimate of drug-likeness (QED) is 0.534. The minimum atomic E-state index is -0.438. The van der Waals surface area contributed by atoms with Crippen molar-refractivity contribution >= 4 is 17.8 Å². The molecule has 1 amide bonds. The molecule has 25 heavy (non-hydrogen) atoms. The van der Waals surface area contributed by atoms with E-state index >= 15 is 0 Å². The Morgan fingerprint density at radius 2 is 2.08 bits per heavy atom. The largest absolute Gasteiger partial charge is 0.504 e. The first-order chi connectivity index (χ1) is 12.0. The number of carbonyl (C=O) groups is 1. The maximum Gasteiger partial charge on any atom is 0.262 e. The lowest BCUT2D eigenvalue weighted by Crippen LogP contribution is -2.35. The normalized spacial score (nSPS) is 12.0. The Hall–Kier alpha value is -3.02. The fraction of sp³-hybridized carbons (Fsp3) is 0.263. The maximum atomic E-state index is 12.1. The van der Waals surface area contributed by atoms with Crippen LogP contribution in [-0.4, -0.2) is 29.9 Å². The van der Waals surface area contributed by atoms with Gasteiger partial charge in [0.15, 0.2) is 11.5 Å². The second-order valence-corrected chi connectivity index (χ2v) is 5.58. The third-order valence-corrected chi connectivity index (χ3v) is 3.58. The van der Waals surface area contributed by atoms with Crippen LogP contribution in [0, 0.1) is 6.92 Å². The van der Waals surface area contributed by atoms with Crippen molar-refractivity contribution < 1.29 is 14.6 Å². The number of carbonyl (C=O) groups excluding carboxylic acids is 1. The zero-order chi connectivity index (χ0) is 18.2. The second kappa shape index (κ2) is 8.73. The van der Waals surface area contributed by atoms with Crippen LogP contribution in [0.15, 0.2) is 47.6 Å². The summed E-state index contributed by atoms with van der Waals surface area (Å²) in [6.07, 6.45) is 1.47. The van der Waals surface area contributed by atoms with Gasteiger partial charge in [-0.05, 0) is 56.2 Å². The molecule has 6 heteroatoms. The van der Waals surface area contributed by atoms with Crippen molar-refractivity contribution in [3.05, 3.63) is 53.6 Å². The summed E-state index contributed by atoms with van der Waals surface area (Å²) in [4.78, 5) is 12.1. The smallest absolute Gasteiger partial charge is 0.262 e. The number of nitrogens with zero attached hydrogens (tertiary/aromatic N) is 1. The highest BCUT2D eigenvalue weighted by atomic mass is 16.5. The van der Waals surface area contributed by atoms with Gasteiger partial charge in [0.2, 0.25) is 0 Å². The number of aryl methyl sites for hydroxylation is 1. The van der Waals surface area contributed by atoms with Crippen molar-refractivity contribution in [1.29, 1.82) is 0 Å². The number of ether oxygens (including phenoxy) is 1. The molecule has 0 heterocycles. The first-order valence-corrected chi connectivity index (χ1v) is 8.12. The van der Waals surface area contributed by atoms with Crippen molar-refractivity contribution in [2.75, 3.05) is 11.9 Å². The summed E-state index contributed by atoms with van der Waals surface area (Å²) in [5, 5.41) is 16.9. The lowest BCUT2D eigenvalue weighted by molar-refractivity contribution is -0.121. The number of hydrazone groups is 1. The number of benzene rings is 2. The summed E-state index contributed by atoms with van der Waals surface area (Å²) >= 11 is 0. The average Bonchev–Trinajstić information content (AvgIpc) is 2.59. The van der Waals surface area contributed by atoms with Crippen molar-refractivity contribution in [2.45, 2.75) is 26.8 Å². The Bertz CT molecular complexity index is 759. The van der Waals surface area contributed by atoms with E-state index in [0.29, 0.717) is 17.9 Å². The molecule has 0 aromatic heterocycles. The topological polar surface area (TPSA) is 83.0 Å². The van der Waals surface area contributed by atoms with Gasteiger partial charge in [0.25, 0.3) is 5.91 Å². The molecule has 0 aliphatic carbocycles. The summed E-state index contributed by atoms with van der Waals surface area (Å²) in [6, 6.07) is 12.2. The predicted molar refractivity (Wildman–Crippen MR) is 99.3 cm³/mol. The van der Waals surface area contributed by atoms with E-state index < -0.39 is 6.04 Å². The van der Waals surface area contributed by atoms with E-state index in [-0.39, 0.29) is 11.7 Å². The van der Waals surface area contributed by atoms with E-state index in [2.05, 4.69) is 15.8 Å². The van der Waals surface area contributed by atoms with Gasteiger partial charge in [-0.25, -0.2) is 5.43 Å². The number of para-hydroxylation sites is 1. The molecule has 2 aromatic carbocycles. The number of hydrogen-bond donors (Lipinski definition) is 3. The average molecular weight is 341 g/mol. The zero-order valence-corrected chi connectivity index (χ0v) is 14.6. The highest BCUT2D eigenvalue weighted by Crippen LogP contribution is 2.26. The molecule has 132 valence electrons. The van der Waals surface area contributed by atoms with Crippen LogP contribution >= 0.6 is 0 Å². The van der Waals surface area contributed by atoms with E-state index in [1.54, 1.807) is 19.1 Å². The number of aromatic hydroxyl groups is 1. The van der Waals surface area contributed by atoms with E-state index in [0.717, 1.165) is 11.3 Å². The minimum Gasteiger partial charge on any atom is -0.504 e. The molecular formula is C19H23N3O3. The molecule has 2 rings (SSSR count). The summed E-state index contributed by atoms with van der Waals surface area (Å²) in [6.45, 7) is 6.06. The van der Waals surface area contributed by atoms with Crippen LogP contribution < -0.4 is 15.5 Å².